The molecule has 1 unspecified atom stereocenters. The van der Waals surface area contributed by atoms with Crippen LogP contribution in [0.5, 0.6) is 0 Å². The van der Waals surface area contributed by atoms with E-state index in [1.807, 2.05) is 20.0 Å². The number of likely N-dealkylation sites (tertiary alicyclic amines) is 1. The lowest BCUT2D eigenvalue weighted by Crippen LogP contribution is -2.39. The number of nitrogens with one attached hydrogen (secondary N) is 1. The van der Waals surface area contributed by atoms with Gasteiger partial charge in [-0.2, -0.15) is 0 Å². The summed E-state index contributed by atoms with van der Waals surface area (Å²) >= 11 is 0. The van der Waals surface area contributed by atoms with E-state index < -0.39 is 0 Å². The van der Waals surface area contributed by atoms with Crippen LogP contribution in [0.4, 0.5) is 0 Å². The van der Waals surface area contributed by atoms with E-state index >= 15 is 0 Å². The Balaban J connectivity index is 1.84. The minimum Gasteiger partial charge on any atom is -0.359 e. The molecule has 0 aromatic carbocycles. The lowest BCUT2D eigenvalue weighted by molar-refractivity contribution is 0.371. The van der Waals surface area contributed by atoms with Gasteiger partial charge in [-0.15, -0.1) is 0 Å². The summed E-state index contributed by atoms with van der Waals surface area (Å²) in [5, 5.41) is 7.25. The van der Waals surface area contributed by atoms with Crippen LogP contribution in [0.25, 0.3) is 0 Å². The molecule has 1 atom stereocenters. The highest BCUT2D eigenvalue weighted by Crippen LogP contribution is 2.23. The molecule has 1 aliphatic rings. The highest BCUT2D eigenvalue weighted by Gasteiger charge is 2.25. The number of guanidine groups is 1. The van der Waals surface area contributed by atoms with Gasteiger partial charge in [-0.25, -0.2) is 0 Å². The minimum atomic E-state index is 0.638. The number of aromatic nitrogens is 1. The summed E-state index contributed by atoms with van der Waals surface area (Å²) in [5.74, 6) is 3.38. The smallest absolute Gasteiger partial charge is 0.194 e. The van der Waals surface area contributed by atoms with Gasteiger partial charge in [-0.05, 0) is 31.6 Å². The van der Waals surface area contributed by atoms with E-state index in [0.717, 1.165) is 42.3 Å². The molecular weight excluding hydrogens is 252 g/mol. The lowest BCUT2D eigenvalue weighted by atomic mass is 9.97. The zero-order valence-electron chi connectivity index (χ0n) is 13.0. The Morgan fingerprint density at radius 1 is 1.60 bits per heavy atom. The molecule has 0 radical (unpaired) electrons. The van der Waals surface area contributed by atoms with Gasteiger partial charge in [0.15, 0.2) is 11.7 Å². The SMILES string of the molecule is CN=C(NCc1cc(C)no1)N1CCC(CC(C)C)C1. The molecule has 1 aliphatic heterocycles. The third-order valence-electron chi connectivity index (χ3n) is 3.70. The molecule has 5 heteroatoms. The molecule has 112 valence electrons. The van der Waals surface area contributed by atoms with E-state index in [1.54, 1.807) is 0 Å². The van der Waals surface area contributed by atoms with E-state index in [0.29, 0.717) is 6.54 Å². The summed E-state index contributed by atoms with van der Waals surface area (Å²) in [6, 6.07) is 1.95. The number of aryl methyl sites for hydroxylation is 1. The summed E-state index contributed by atoms with van der Waals surface area (Å²) in [6.07, 6.45) is 2.56. The van der Waals surface area contributed by atoms with Crippen LogP contribution in [0.2, 0.25) is 0 Å². The minimum absolute atomic E-state index is 0.638. The highest BCUT2D eigenvalue weighted by atomic mass is 16.5. The lowest BCUT2D eigenvalue weighted by Gasteiger charge is -2.21. The topological polar surface area (TPSA) is 53.7 Å². The van der Waals surface area contributed by atoms with Crippen molar-refractivity contribution in [3.63, 3.8) is 0 Å². The molecular formula is C15H26N4O. The Bertz CT molecular complexity index is 452. The number of aliphatic imine (C=N–C) groups is 1. The van der Waals surface area contributed by atoms with E-state index in [1.165, 1.54) is 12.8 Å². The molecule has 1 aromatic heterocycles. The van der Waals surface area contributed by atoms with Gasteiger partial charge < -0.3 is 14.7 Å². The summed E-state index contributed by atoms with van der Waals surface area (Å²) < 4.78 is 5.21. The molecule has 1 saturated heterocycles. The highest BCUT2D eigenvalue weighted by molar-refractivity contribution is 5.80. The zero-order valence-corrected chi connectivity index (χ0v) is 13.0. The van der Waals surface area contributed by atoms with Crippen LogP contribution in [-0.4, -0.2) is 36.2 Å². The maximum atomic E-state index is 5.21. The van der Waals surface area contributed by atoms with Crippen LogP contribution in [0.3, 0.4) is 0 Å². The van der Waals surface area contributed by atoms with Gasteiger partial charge >= 0.3 is 0 Å². The van der Waals surface area contributed by atoms with E-state index in [2.05, 4.69) is 34.2 Å². The molecule has 2 heterocycles. The average Bonchev–Trinajstić information content (AvgIpc) is 2.99. The quantitative estimate of drug-likeness (QED) is 0.679. The van der Waals surface area contributed by atoms with Crippen LogP contribution >= 0.6 is 0 Å². The average molecular weight is 278 g/mol. The summed E-state index contributed by atoms with van der Waals surface area (Å²) in [5.41, 5.74) is 0.912. The van der Waals surface area contributed by atoms with Gasteiger partial charge in [-0.1, -0.05) is 19.0 Å². The van der Waals surface area contributed by atoms with Crippen molar-refractivity contribution in [1.82, 2.24) is 15.4 Å². The standard InChI is InChI=1S/C15H26N4O/c1-11(2)7-13-5-6-19(10-13)15(16-4)17-9-14-8-12(3)18-20-14/h8,11,13H,5-7,9-10H2,1-4H3,(H,16,17). The monoisotopic (exact) mass is 278 g/mol. The summed E-state index contributed by atoms with van der Waals surface area (Å²) in [4.78, 5) is 6.72. The van der Waals surface area contributed by atoms with Crippen LogP contribution in [-0.2, 0) is 6.54 Å². The van der Waals surface area contributed by atoms with Crippen LogP contribution in [0, 0.1) is 18.8 Å². The molecule has 0 spiro atoms. The van der Waals surface area contributed by atoms with Crippen molar-refractivity contribution in [2.45, 2.75) is 40.2 Å². The van der Waals surface area contributed by atoms with E-state index in [4.69, 9.17) is 4.52 Å². The van der Waals surface area contributed by atoms with Crippen molar-refractivity contribution in [2.24, 2.45) is 16.8 Å². The van der Waals surface area contributed by atoms with E-state index in [-0.39, 0.29) is 0 Å². The first-order valence-corrected chi connectivity index (χ1v) is 7.46. The van der Waals surface area contributed by atoms with Crippen LogP contribution < -0.4 is 5.32 Å². The molecule has 20 heavy (non-hydrogen) atoms. The van der Waals surface area contributed by atoms with Gasteiger partial charge in [0.25, 0.3) is 0 Å². The van der Waals surface area contributed by atoms with Crippen molar-refractivity contribution >= 4 is 5.96 Å². The van der Waals surface area contributed by atoms with E-state index in [9.17, 15) is 0 Å². The van der Waals surface area contributed by atoms with Crippen LogP contribution in [0.1, 0.15) is 38.1 Å². The largest absolute Gasteiger partial charge is 0.359 e. The van der Waals surface area contributed by atoms with Crippen molar-refractivity contribution in [1.29, 1.82) is 0 Å². The second kappa shape index (κ2) is 6.77. The molecule has 0 amide bonds. The van der Waals surface area contributed by atoms with Crippen molar-refractivity contribution in [3.8, 4) is 0 Å². The summed E-state index contributed by atoms with van der Waals surface area (Å²) in [6.45, 7) is 9.35. The number of hydrogen-bond donors (Lipinski definition) is 1. The number of nitrogens with zero attached hydrogens (tertiary/aromatic N) is 3. The van der Waals surface area contributed by atoms with Gasteiger partial charge in [-0.3, -0.25) is 4.99 Å². The maximum Gasteiger partial charge on any atom is 0.194 e. The first kappa shape index (κ1) is 14.9. The Labute approximate surface area is 121 Å². The molecule has 1 fully saturated rings. The molecule has 0 aliphatic carbocycles. The Morgan fingerprint density at radius 3 is 3.00 bits per heavy atom. The molecule has 2 rings (SSSR count). The third kappa shape index (κ3) is 3.99. The second-order valence-electron chi connectivity index (χ2n) is 6.07. The zero-order chi connectivity index (χ0) is 14.5. The van der Waals surface area contributed by atoms with Gasteiger partial charge in [0.05, 0.1) is 12.2 Å². The van der Waals surface area contributed by atoms with Crippen molar-refractivity contribution in [2.75, 3.05) is 20.1 Å². The first-order chi connectivity index (χ1) is 9.58. The van der Waals surface area contributed by atoms with Gasteiger partial charge in [0.1, 0.15) is 0 Å². The molecule has 0 bridgehead atoms. The molecule has 0 saturated carbocycles. The maximum absolute atomic E-state index is 5.21. The normalized spacial score (nSPS) is 19.9. The van der Waals surface area contributed by atoms with Crippen LogP contribution in [0.15, 0.2) is 15.6 Å². The van der Waals surface area contributed by atoms with Crippen molar-refractivity contribution in [3.05, 3.63) is 17.5 Å². The molecule has 5 nitrogen and oxygen atoms in total. The number of rotatable bonds is 4. The Hall–Kier alpha value is -1.52. The van der Waals surface area contributed by atoms with Gasteiger partial charge in [0, 0.05) is 26.2 Å². The fourth-order valence-corrected chi connectivity index (χ4v) is 2.88. The third-order valence-corrected chi connectivity index (χ3v) is 3.70. The molecule has 1 N–H and O–H groups in total. The second-order valence-corrected chi connectivity index (χ2v) is 6.07. The van der Waals surface area contributed by atoms with Gasteiger partial charge in [0.2, 0.25) is 0 Å². The predicted octanol–water partition coefficient (Wildman–Crippen LogP) is 2.43. The molecule has 1 aromatic rings. The number of hydrogen-bond acceptors (Lipinski definition) is 3. The fraction of sp³-hybridized carbons (Fsp3) is 0.733. The predicted molar refractivity (Wildman–Crippen MR) is 80.6 cm³/mol. The Kier molecular flexibility index (Phi) is 5.04. The fourth-order valence-electron chi connectivity index (χ4n) is 2.88. The first-order valence-electron chi connectivity index (χ1n) is 7.46. The van der Waals surface area contributed by atoms with Crippen molar-refractivity contribution < 1.29 is 4.52 Å². The summed E-state index contributed by atoms with van der Waals surface area (Å²) in [7, 11) is 1.84. The Morgan fingerprint density at radius 2 is 2.40 bits per heavy atom.